The summed E-state index contributed by atoms with van der Waals surface area (Å²) in [6.45, 7) is 1.17. The molecule has 0 aliphatic carbocycles. The van der Waals surface area contributed by atoms with Crippen LogP contribution in [0.4, 0.5) is 0 Å². The zero-order valence-electron chi connectivity index (χ0n) is 16.7. The van der Waals surface area contributed by atoms with E-state index in [9.17, 15) is 33.9 Å². The van der Waals surface area contributed by atoms with Crippen LogP contribution in [0.1, 0.15) is 26.2 Å². The highest BCUT2D eigenvalue weighted by Crippen LogP contribution is 2.02. The molecule has 5 atom stereocenters. The first-order valence-electron chi connectivity index (χ1n) is 9.05. The Labute approximate surface area is 183 Å². The summed E-state index contributed by atoms with van der Waals surface area (Å²) in [6.07, 6.45) is -2.54. The Kier molecular flexibility index (Phi) is 12.1. The molecule has 5 unspecified atom stereocenters. The number of carbonyl (C=O) groups excluding carboxylic acids is 5. The molecular weight excluding hydrogens is 436 g/mol. The molecule has 15 heteroatoms. The van der Waals surface area contributed by atoms with Gasteiger partial charge in [-0.25, -0.2) is 4.79 Å². The van der Waals surface area contributed by atoms with Crippen LogP contribution in [0.15, 0.2) is 0 Å². The van der Waals surface area contributed by atoms with Crippen molar-refractivity contribution in [3.05, 3.63) is 0 Å². The molecular formula is C16H28N6O8S. The van der Waals surface area contributed by atoms with Gasteiger partial charge in [-0.05, 0) is 13.3 Å². The number of nitrogens with one attached hydrogen (secondary N) is 3. The number of carboxylic acid groups (broad SMARTS) is 1. The second kappa shape index (κ2) is 13.4. The average molecular weight is 465 g/mol. The van der Waals surface area contributed by atoms with E-state index in [1.165, 1.54) is 6.92 Å². The molecule has 14 nitrogen and oxygen atoms in total. The van der Waals surface area contributed by atoms with Crippen molar-refractivity contribution in [2.75, 3.05) is 5.75 Å². The minimum Gasteiger partial charge on any atom is -0.480 e. The van der Waals surface area contributed by atoms with Gasteiger partial charge >= 0.3 is 5.97 Å². The van der Waals surface area contributed by atoms with Crippen LogP contribution in [0.3, 0.4) is 0 Å². The summed E-state index contributed by atoms with van der Waals surface area (Å²) in [6, 6.07) is -5.70. The number of aliphatic hydroxyl groups excluding tert-OH is 1. The number of primary amides is 2. The molecule has 0 radical (unpaired) electrons. The van der Waals surface area contributed by atoms with Gasteiger partial charge in [0.15, 0.2) is 0 Å². The van der Waals surface area contributed by atoms with Gasteiger partial charge in [0, 0.05) is 12.2 Å². The highest BCUT2D eigenvalue weighted by atomic mass is 32.1. The van der Waals surface area contributed by atoms with E-state index in [1.807, 2.05) is 0 Å². The molecule has 0 fully saturated rings. The summed E-state index contributed by atoms with van der Waals surface area (Å²) in [5.74, 6) is -6.13. The normalized spacial score (nSPS) is 15.5. The third-order valence-corrected chi connectivity index (χ3v) is 4.30. The number of aliphatic carboxylic acids is 1. The number of aliphatic hydroxyl groups is 1. The lowest BCUT2D eigenvalue weighted by Gasteiger charge is -2.25. The molecule has 0 bridgehead atoms. The number of thiol groups is 1. The summed E-state index contributed by atoms with van der Waals surface area (Å²) in [4.78, 5) is 69.7. The maximum atomic E-state index is 12.4. The number of carboxylic acids is 1. The van der Waals surface area contributed by atoms with E-state index in [-0.39, 0.29) is 18.6 Å². The largest absolute Gasteiger partial charge is 0.480 e. The summed E-state index contributed by atoms with van der Waals surface area (Å²) >= 11 is 3.93. The van der Waals surface area contributed by atoms with Gasteiger partial charge in [0.05, 0.1) is 18.6 Å². The molecule has 0 aliphatic rings. The summed E-state index contributed by atoms with van der Waals surface area (Å²) in [5.41, 5.74) is 15.4. The van der Waals surface area contributed by atoms with Crippen molar-refractivity contribution in [2.24, 2.45) is 17.2 Å². The number of hydrogen-bond acceptors (Lipinski definition) is 9. The Morgan fingerprint density at radius 3 is 1.87 bits per heavy atom. The predicted molar refractivity (Wildman–Crippen MR) is 109 cm³/mol. The van der Waals surface area contributed by atoms with Gasteiger partial charge in [-0.2, -0.15) is 12.6 Å². The fraction of sp³-hybridized carbons (Fsp3) is 0.625. The summed E-state index contributed by atoms with van der Waals surface area (Å²) < 4.78 is 0. The van der Waals surface area contributed by atoms with Gasteiger partial charge in [0.2, 0.25) is 29.5 Å². The van der Waals surface area contributed by atoms with Gasteiger partial charge in [-0.15, -0.1) is 0 Å². The van der Waals surface area contributed by atoms with Gasteiger partial charge in [0.1, 0.15) is 18.1 Å². The molecule has 0 rings (SSSR count). The maximum absolute atomic E-state index is 12.4. The highest BCUT2D eigenvalue weighted by molar-refractivity contribution is 7.80. The lowest BCUT2D eigenvalue weighted by molar-refractivity contribution is -0.143. The minimum atomic E-state index is -1.60. The molecule has 11 N–H and O–H groups in total. The first-order chi connectivity index (χ1) is 14.3. The minimum absolute atomic E-state index is 0.231. The van der Waals surface area contributed by atoms with Gasteiger partial charge in [0.25, 0.3) is 0 Å². The molecule has 0 saturated heterocycles. The lowest BCUT2D eigenvalue weighted by Crippen LogP contribution is -2.60. The molecule has 0 aromatic rings. The van der Waals surface area contributed by atoms with E-state index >= 15 is 0 Å². The van der Waals surface area contributed by atoms with Crippen molar-refractivity contribution in [3.8, 4) is 0 Å². The topological polar surface area (TPSA) is 257 Å². The van der Waals surface area contributed by atoms with Crippen LogP contribution in [-0.4, -0.2) is 81.7 Å². The van der Waals surface area contributed by atoms with Crippen LogP contribution in [0, 0.1) is 0 Å². The molecule has 0 aromatic heterocycles. The zero-order chi connectivity index (χ0) is 24.3. The smallest absolute Gasteiger partial charge is 0.326 e. The molecule has 31 heavy (non-hydrogen) atoms. The Bertz CT molecular complexity index is 704. The molecule has 0 saturated carbocycles. The molecule has 0 spiro atoms. The Morgan fingerprint density at radius 1 is 0.903 bits per heavy atom. The molecule has 0 aromatic carbocycles. The Balaban J connectivity index is 5.19. The molecule has 5 amide bonds. The number of nitrogens with two attached hydrogens (primary N) is 3. The first kappa shape index (κ1) is 28.1. The van der Waals surface area contributed by atoms with Crippen molar-refractivity contribution in [1.29, 1.82) is 0 Å². The standard InChI is InChI=1S/C16H28N6O8S/c1-6(23)12(15(28)20-8(16(29)30)2-3-10(18)24)22-14(27)9(5-31)21-13(26)7(17)4-11(19)25/h6-9,12,23,31H,2-5,17H2,1H3,(H2,18,24)(H2,19,25)(H,20,28)(H,21,26)(H,22,27)(H,29,30). The maximum Gasteiger partial charge on any atom is 0.326 e. The van der Waals surface area contributed by atoms with Crippen molar-refractivity contribution in [2.45, 2.75) is 56.5 Å². The number of carbonyl (C=O) groups is 6. The third kappa shape index (κ3) is 10.6. The van der Waals surface area contributed by atoms with E-state index in [0.717, 1.165) is 0 Å². The highest BCUT2D eigenvalue weighted by Gasteiger charge is 2.32. The van der Waals surface area contributed by atoms with Crippen molar-refractivity contribution >= 4 is 48.1 Å². The van der Waals surface area contributed by atoms with Gasteiger partial charge < -0.3 is 43.4 Å². The van der Waals surface area contributed by atoms with Crippen molar-refractivity contribution in [3.63, 3.8) is 0 Å². The van der Waals surface area contributed by atoms with Crippen LogP contribution in [0.2, 0.25) is 0 Å². The number of rotatable bonds is 14. The predicted octanol–water partition coefficient (Wildman–Crippen LogP) is -4.70. The molecule has 0 aliphatic heterocycles. The second-order valence-electron chi connectivity index (χ2n) is 6.65. The molecule has 176 valence electrons. The Morgan fingerprint density at radius 2 is 1.45 bits per heavy atom. The van der Waals surface area contributed by atoms with E-state index < -0.39 is 72.2 Å². The monoisotopic (exact) mass is 464 g/mol. The van der Waals surface area contributed by atoms with E-state index in [4.69, 9.17) is 22.3 Å². The second-order valence-corrected chi connectivity index (χ2v) is 7.02. The van der Waals surface area contributed by atoms with E-state index in [1.54, 1.807) is 0 Å². The van der Waals surface area contributed by atoms with Crippen molar-refractivity contribution in [1.82, 2.24) is 16.0 Å². The summed E-state index contributed by atoms with van der Waals surface area (Å²) in [5, 5.41) is 25.5. The van der Waals surface area contributed by atoms with Gasteiger partial charge in [-0.1, -0.05) is 0 Å². The van der Waals surface area contributed by atoms with Crippen LogP contribution < -0.4 is 33.2 Å². The van der Waals surface area contributed by atoms with Crippen LogP contribution in [0.5, 0.6) is 0 Å². The van der Waals surface area contributed by atoms with E-state index in [0.29, 0.717) is 0 Å². The van der Waals surface area contributed by atoms with E-state index in [2.05, 4.69) is 28.6 Å². The van der Waals surface area contributed by atoms with Crippen LogP contribution >= 0.6 is 12.6 Å². The fourth-order valence-electron chi connectivity index (χ4n) is 2.25. The quantitative estimate of drug-likeness (QED) is 0.112. The third-order valence-electron chi connectivity index (χ3n) is 3.93. The zero-order valence-corrected chi connectivity index (χ0v) is 17.6. The lowest BCUT2D eigenvalue weighted by atomic mass is 10.1. The molecule has 0 heterocycles. The van der Waals surface area contributed by atoms with Crippen LogP contribution in [-0.2, 0) is 28.8 Å². The fourth-order valence-corrected chi connectivity index (χ4v) is 2.50. The average Bonchev–Trinajstić information content (AvgIpc) is 2.65. The summed E-state index contributed by atoms with van der Waals surface area (Å²) in [7, 11) is 0. The SMILES string of the molecule is CC(O)C(NC(=O)C(CS)NC(=O)C(N)CC(N)=O)C(=O)NC(CCC(N)=O)C(=O)O. The Hall–Kier alpha value is -2.91. The number of amides is 5. The van der Waals surface area contributed by atoms with Crippen LogP contribution in [0.25, 0.3) is 0 Å². The first-order valence-corrected chi connectivity index (χ1v) is 9.68. The number of hydrogen-bond donors (Lipinski definition) is 9. The van der Waals surface area contributed by atoms with Gasteiger partial charge in [-0.3, -0.25) is 24.0 Å². The van der Waals surface area contributed by atoms with Crippen molar-refractivity contribution < 1.29 is 39.0 Å².